The van der Waals surface area contributed by atoms with E-state index in [0.717, 1.165) is 4.48 Å². The Hall–Kier alpha value is -1.32. The van der Waals surface area contributed by atoms with Gasteiger partial charge in [-0.1, -0.05) is 41.9 Å². The van der Waals surface area contributed by atoms with E-state index in [1.54, 1.807) is 18.4 Å². The average molecular weight is 324 g/mol. The minimum atomic E-state index is 0.406. The molecule has 1 aliphatic carbocycles. The highest BCUT2D eigenvalue weighted by Crippen LogP contribution is 2.28. The molecule has 0 amide bonds. The van der Waals surface area contributed by atoms with E-state index in [4.69, 9.17) is 17.0 Å². The van der Waals surface area contributed by atoms with Crippen LogP contribution in [-0.4, -0.2) is 5.71 Å². The van der Waals surface area contributed by atoms with Crippen molar-refractivity contribution in [3.8, 4) is 0 Å². The molecule has 4 heteroatoms. The molecule has 1 aliphatic rings. The molecule has 92 valence electrons. The third-order valence-corrected chi connectivity index (χ3v) is 3.82. The number of rotatable bonds is 3. The zero-order chi connectivity index (χ0) is 13.0. The molecule has 1 aromatic carbocycles. The van der Waals surface area contributed by atoms with E-state index in [2.05, 4.69) is 21.2 Å². The third-order valence-electron chi connectivity index (χ3n) is 2.53. The van der Waals surface area contributed by atoms with Crippen molar-refractivity contribution in [3.63, 3.8) is 0 Å². The van der Waals surface area contributed by atoms with Crippen molar-refractivity contribution < 1.29 is 0 Å². The van der Waals surface area contributed by atoms with Gasteiger partial charge >= 0.3 is 0 Å². The number of allylic oxidation sites excluding steroid dienone is 5. The second kappa shape index (κ2) is 6.03. The number of benzene rings is 1. The van der Waals surface area contributed by atoms with Gasteiger partial charge in [0.2, 0.25) is 0 Å². The van der Waals surface area contributed by atoms with E-state index >= 15 is 0 Å². The fraction of sp³-hybridized carbons (Fsp3) is 0.0714. The molecule has 0 fully saturated rings. The van der Waals surface area contributed by atoms with E-state index in [-0.39, 0.29) is 0 Å². The molecule has 2 rings (SSSR count). The summed E-state index contributed by atoms with van der Waals surface area (Å²) in [6.07, 6.45) is 5.27. The molecule has 0 aromatic heterocycles. The van der Waals surface area contributed by atoms with Crippen molar-refractivity contribution in [2.24, 2.45) is 0 Å². The van der Waals surface area contributed by atoms with Crippen molar-refractivity contribution in [2.75, 3.05) is 0 Å². The smallest absolute Gasteiger partial charge is 0.0656 e. The zero-order valence-corrected chi connectivity index (χ0v) is 11.9. The first-order chi connectivity index (χ1) is 8.68. The molecule has 0 radical (unpaired) electrons. The van der Waals surface area contributed by atoms with Gasteiger partial charge in [-0.25, -0.2) is 0 Å². The number of hydrogen-bond acceptors (Lipinski definition) is 2. The average Bonchev–Trinajstić information content (AvgIpc) is 2.39. The van der Waals surface area contributed by atoms with E-state index in [9.17, 15) is 0 Å². The Bertz CT molecular complexity index is 544. The molecule has 0 saturated carbocycles. The Morgan fingerprint density at radius 1 is 1.22 bits per heavy atom. The predicted octanol–water partition coefficient (Wildman–Crippen LogP) is 4.09. The Labute approximate surface area is 120 Å². The summed E-state index contributed by atoms with van der Waals surface area (Å²) < 4.78 is 0.799. The van der Waals surface area contributed by atoms with Gasteiger partial charge in [0.05, 0.1) is 10.7 Å². The molecule has 0 atom stereocenters. The molecule has 0 bridgehead atoms. The fourth-order valence-corrected chi connectivity index (χ4v) is 2.14. The van der Waals surface area contributed by atoms with Crippen LogP contribution in [0.4, 0.5) is 0 Å². The molecule has 0 heterocycles. The maximum absolute atomic E-state index is 7.81. The highest BCUT2D eigenvalue weighted by atomic mass is 79.9. The van der Waals surface area contributed by atoms with Crippen LogP contribution in [0, 0.1) is 5.41 Å². The van der Waals surface area contributed by atoms with Gasteiger partial charge in [0.25, 0.3) is 0 Å². The summed E-state index contributed by atoms with van der Waals surface area (Å²) in [7, 11) is 0. The summed E-state index contributed by atoms with van der Waals surface area (Å²) >= 11 is 9.50. The molecule has 0 saturated heterocycles. The summed E-state index contributed by atoms with van der Waals surface area (Å²) in [5, 5.41) is 11.5. The van der Waals surface area contributed by atoms with Crippen molar-refractivity contribution in [3.05, 3.63) is 69.3 Å². The molecule has 2 nitrogen and oxygen atoms in total. The standard InChI is InChI=1S/C14H12BrClN2/c15-12-6-7-13(17)11(14(12)16)9-18-8-10-4-2-1-3-5-10/h1-7,9,17-18H,8H2/b11-9+,17-13?. The largest absolute Gasteiger partial charge is 0.386 e. The second-order valence-electron chi connectivity index (χ2n) is 3.83. The third kappa shape index (κ3) is 3.12. The quantitative estimate of drug-likeness (QED) is 0.863. The summed E-state index contributed by atoms with van der Waals surface area (Å²) in [4.78, 5) is 0. The van der Waals surface area contributed by atoms with Crippen LogP contribution in [0.3, 0.4) is 0 Å². The van der Waals surface area contributed by atoms with Crippen molar-refractivity contribution in [1.82, 2.24) is 5.32 Å². The molecular weight excluding hydrogens is 312 g/mol. The van der Waals surface area contributed by atoms with Crippen LogP contribution >= 0.6 is 27.5 Å². The maximum Gasteiger partial charge on any atom is 0.0656 e. The van der Waals surface area contributed by atoms with Gasteiger partial charge in [0.1, 0.15) is 0 Å². The Balaban J connectivity index is 2.06. The van der Waals surface area contributed by atoms with Gasteiger partial charge in [-0.2, -0.15) is 0 Å². The van der Waals surface area contributed by atoms with E-state index < -0.39 is 0 Å². The van der Waals surface area contributed by atoms with Gasteiger partial charge < -0.3 is 10.7 Å². The van der Waals surface area contributed by atoms with Gasteiger partial charge in [-0.3, -0.25) is 0 Å². The van der Waals surface area contributed by atoms with Crippen LogP contribution < -0.4 is 5.32 Å². The lowest BCUT2D eigenvalue weighted by Gasteiger charge is -2.12. The van der Waals surface area contributed by atoms with E-state index in [1.807, 2.05) is 30.3 Å². The minimum Gasteiger partial charge on any atom is -0.386 e. The number of halogens is 2. The predicted molar refractivity (Wildman–Crippen MR) is 80.0 cm³/mol. The van der Waals surface area contributed by atoms with Gasteiger partial charge in [0, 0.05) is 22.8 Å². The Morgan fingerprint density at radius 2 is 1.94 bits per heavy atom. The van der Waals surface area contributed by atoms with Gasteiger partial charge in [-0.15, -0.1) is 0 Å². The maximum atomic E-state index is 7.81. The van der Waals surface area contributed by atoms with Gasteiger partial charge in [0.15, 0.2) is 0 Å². The van der Waals surface area contributed by atoms with Crippen LogP contribution in [-0.2, 0) is 6.54 Å². The summed E-state index contributed by atoms with van der Waals surface area (Å²) in [5.74, 6) is 0. The number of hydrogen-bond donors (Lipinski definition) is 2. The van der Waals surface area contributed by atoms with E-state index in [0.29, 0.717) is 22.9 Å². The molecule has 1 aromatic rings. The first-order valence-electron chi connectivity index (χ1n) is 5.48. The molecule has 2 N–H and O–H groups in total. The Kier molecular flexibility index (Phi) is 4.39. The molecular formula is C14H12BrClN2. The lowest BCUT2D eigenvalue weighted by atomic mass is 10.1. The lowest BCUT2D eigenvalue weighted by molar-refractivity contribution is 0.866. The SMILES string of the molecule is N=C1C=CC(Br)=C(Cl)/C1=C/NCc1ccccc1. The van der Waals surface area contributed by atoms with Crippen LogP contribution in [0.15, 0.2) is 63.8 Å². The van der Waals surface area contributed by atoms with E-state index in [1.165, 1.54) is 5.56 Å². The highest BCUT2D eigenvalue weighted by Gasteiger charge is 2.14. The fourth-order valence-electron chi connectivity index (χ4n) is 1.57. The number of nitrogens with one attached hydrogen (secondary N) is 2. The minimum absolute atomic E-state index is 0.406. The normalized spacial score (nSPS) is 17.4. The summed E-state index contributed by atoms with van der Waals surface area (Å²) in [6.45, 7) is 0.711. The molecule has 0 unspecified atom stereocenters. The highest BCUT2D eigenvalue weighted by molar-refractivity contribution is 9.12. The summed E-state index contributed by atoms with van der Waals surface area (Å²) in [5.41, 5.74) is 2.29. The summed E-state index contributed by atoms with van der Waals surface area (Å²) in [6, 6.07) is 10.1. The Morgan fingerprint density at radius 3 is 2.67 bits per heavy atom. The molecule has 0 spiro atoms. The second-order valence-corrected chi connectivity index (χ2v) is 5.07. The van der Waals surface area contributed by atoms with Crippen LogP contribution in [0.5, 0.6) is 0 Å². The van der Waals surface area contributed by atoms with Crippen LogP contribution in [0.25, 0.3) is 0 Å². The van der Waals surface area contributed by atoms with Crippen LogP contribution in [0.1, 0.15) is 5.56 Å². The van der Waals surface area contributed by atoms with Crippen LogP contribution in [0.2, 0.25) is 0 Å². The van der Waals surface area contributed by atoms with Crippen molar-refractivity contribution in [2.45, 2.75) is 6.54 Å². The zero-order valence-electron chi connectivity index (χ0n) is 9.58. The topological polar surface area (TPSA) is 35.9 Å². The molecule has 18 heavy (non-hydrogen) atoms. The monoisotopic (exact) mass is 322 g/mol. The lowest BCUT2D eigenvalue weighted by Crippen LogP contribution is -2.11. The van der Waals surface area contributed by atoms with Crippen molar-refractivity contribution in [1.29, 1.82) is 5.41 Å². The first-order valence-corrected chi connectivity index (χ1v) is 6.65. The first kappa shape index (κ1) is 13.1. The van der Waals surface area contributed by atoms with Crippen molar-refractivity contribution >= 4 is 33.2 Å². The molecule has 0 aliphatic heterocycles. The van der Waals surface area contributed by atoms with Gasteiger partial charge in [-0.05, 0) is 33.6 Å².